The van der Waals surface area contributed by atoms with E-state index >= 15 is 0 Å². The summed E-state index contributed by atoms with van der Waals surface area (Å²) in [6.07, 6.45) is 1.72. The molecule has 0 bridgehead atoms. The molecule has 3 rings (SSSR count). The number of aryl methyl sites for hydroxylation is 2. The SMILES string of the molecule is Cc1sc2nc(C3(C)CC3)c(S(=O)(=O)F)n2c1C. The third-order valence-corrected chi connectivity index (χ3v) is 5.59. The van der Waals surface area contributed by atoms with Crippen LogP contribution in [0.3, 0.4) is 0 Å². The van der Waals surface area contributed by atoms with E-state index in [-0.39, 0.29) is 10.4 Å². The highest BCUT2D eigenvalue weighted by Gasteiger charge is 2.46. The summed E-state index contributed by atoms with van der Waals surface area (Å²) in [5, 5.41) is -0.264. The van der Waals surface area contributed by atoms with Crippen molar-refractivity contribution in [1.82, 2.24) is 9.38 Å². The predicted molar refractivity (Wildman–Crippen MR) is 67.4 cm³/mol. The summed E-state index contributed by atoms with van der Waals surface area (Å²) in [6.45, 7) is 5.59. The van der Waals surface area contributed by atoms with Gasteiger partial charge in [0.05, 0.1) is 5.69 Å². The number of hydrogen-bond acceptors (Lipinski definition) is 4. The second kappa shape index (κ2) is 3.33. The molecule has 0 atom stereocenters. The quantitative estimate of drug-likeness (QED) is 0.798. The van der Waals surface area contributed by atoms with Crippen LogP contribution in [0, 0.1) is 13.8 Å². The molecule has 18 heavy (non-hydrogen) atoms. The number of nitrogens with zero attached hydrogens (tertiary/aromatic N) is 2. The van der Waals surface area contributed by atoms with Crippen LogP contribution in [-0.2, 0) is 15.6 Å². The Labute approximate surface area is 109 Å². The number of hydrogen-bond donors (Lipinski definition) is 0. The molecule has 0 aliphatic heterocycles. The van der Waals surface area contributed by atoms with Crippen LogP contribution in [-0.4, -0.2) is 17.8 Å². The highest BCUT2D eigenvalue weighted by Crippen LogP contribution is 2.50. The molecule has 1 saturated carbocycles. The summed E-state index contributed by atoms with van der Waals surface area (Å²) in [7, 11) is -4.76. The fraction of sp³-hybridized carbons (Fsp3) is 0.545. The van der Waals surface area contributed by atoms with Crippen LogP contribution in [0.1, 0.15) is 36.0 Å². The predicted octanol–water partition coefficient (Wildman–Crippen LogP) is 2.72. The molecule has 0 unspecified atom stereocenters. The van der Waals surface area contributed by atoms with Crippen LogP contribution >= 0.6 is 11.3 Å². The van der Waals surface area contributed by atoms with E-state index in [0.717, 1.165) is 23.4 Å². The first-order valence-corrected chi connectivity index (χ1v) is 7.88. The second-order valence-electron chi connectivity index (χ2n) is 5.13. The molecule has 0 spiro atoms. The van der Waals surface area contributed by atoms with Gasteiger partial charge in [0.25, 0.3) is 0 Å². The average molecular weight is 288 g/mol. The number of halogens is 1. The monoisotopic (exact) mass is 288 g/mol. The van der Waals surface area contributed by atoms with Crippen molar-refractivity contribution in [1.29, 1.82) is 0 Å². The van der Waals surface area contributed by atoms with Crippen molar-refractivity contribution in [2.45, 2.75) is 44.1 Å². The van der Waals surface area contributed by atoms with Crippen molar-refractivity contribution in [3.05, 3.63) is 16.3 Å². The fourth-order valence-corrected chi connectivity index (χ4v) is 4.15. The average Bonchev–Trinajstić information content (AvgIpc) is 2.77. The van der Waals surface area contributed by atoms with E-state index in [2.05, 4.69) is 4.98 Å². The Morgan fingerprint density at radius 1 is 1.39 bits per heavy atom. The maximum atomic E-state index is 13.6. The smallest absolute Gasteiger partial charge is 0.275 e. The molecule has 7 heteroatoms. The minimum absolute atomic E-state index is 0.264. The number of rotatable bonds is 2. The maximum absolute atomic E-state index is 13.6. The minimum Gasteiger partial charge on any atom is -0.275 e. The molecule has 1 aliphatic rings. The lowest BCUT2D eigenvalue weighted by molar-refractivity contribution is 0.541. The van der Waals surface area contributed by atoms with E-state index in [0.29, 0.717) is 10.7 Å². The van der Waals surface area contributed by atoms with E-state index in [9.17, 15) is 12.3 Å². The van der Waals surface area contributed by atoms with E-state index in [4.69, 9.17) is 0 Å². The summed E-state index contributed by atoms with van der Waals surface area (Å²) in [4.78, 5) is 5.87. The molecule has 2 heterocycles. The lowest BCUT2D eigenvalue weighted by Crippen LogP contribution is -2.09. The number of thiazole rings is 1. The third kappa shape index (κ3) is 1.53. The van der Waals surface area contributed by atoms with Gasteiger partial charge in [-0.15, -0.1) is 11.3 Å². The third-order valence-electron chi connectivity index (χ3n) is 3.70. The van der Waals surface area contributed by atoms with Gasteiger partial charge in [0, 0.05) is 16.0 Å². The van der Waals surface area contributed by atoms with Crippen molar-refractivity contribution in [2.75, 3.05) is 0 Å². The molecular formula is C11H13FN2O2S2. The molecule has 2 aromatic heterocycles. The van der Waals surface area contributed by atoms with Gasteiger partial charge in [0.2, 0.25) is 0 Å². The second-order valence-corrected chi connectivity index (χ2v) is 7.57. The van der Waals surface area contributed by atoms with Crippen LogP contribution in [0.15, 0.2) is 5.03 Å². The zero-order valence-corrected chi connectivity index (χ0v) is 12.0. The lowest BCUT2D eigenvalue weighted by atomic mass is 10.1. The molecule has 1 aliphatic carbocycles. The van der Waals surface area contributed by atoms with E-state index < -0.39 is 10.2 Å². The van der Waals surface area contributed by atoms with Gasteiger partial charge < -0.3 is 0 Å². The molecule has 0 N–H and O–H groups in total. The molecule has 0 amide bonds. The van der Waals surface area contributed by atoms with E-state index in [1.54, 1.807) is 6.92 Å². The molecule has 0 aromatic carbocycles. The largest absolute Gasteiger partial charge is 0.350 e. The number of fused-ring (bicyclic) bond motifs is 1. The Morgan fingerprint density at radius 3 is 2.50 bits per heavy atom. The van der Waals surface area contributed by atoms with Crippen molar-refractivity contribution < 1.29 is 12.3 Å². The minimum atomic E-state index is -4.76. The molecular weight excluding hydrogens is 275 g/mol. The Hall–Kier alpha value is -0.950. The molecule has 2 aromatic rings. The van der Waals surface area contributed by atoms with Crippen LogP contribution in [0.2, 0.25) is 0 Å². The molecule has 98 valence electrons. The lowest BCUT2D eigenvalue weighted by Gasteiger charge is -2.06. The first kappa shape index (κ1) is 12.1. The number of aromatic nitrogens is 2. The van der Waals surface area contributed by atoms with Gasteiger partial charge in [0.15, 0.2) is 9.99 Å². The molecule has 4 nitrogen and oxygen atoms in total. The molecule has 0 saturated heterocycles. The highest BCUT2D eigenvalue weighted by molar-refractivity contribution is 7.86. The zero-order chi connectivity index (χ0) is 13.3. The summed E-state index contributed by atoms with van der Waals surface area (Å²) in [5.41, 5.74) is 0.856. The Kier molecular flexibility index (Phi) is 2.24. The summed E-state index contributed by atoms with van der Waals surface area (Å²) in [5.74, 6) is 0. The highest BCUT2D eigenvalue weighted by atomic mass is 32.3. The topological polar surface area (TPSA) is 51.4 Å². The van der Waals surface area contributed by atoms with Gasteiger partial charge in [0.1, 0.15) is 0 Å². The van der Waals surface area contributed by atoms with Gasteiger partial charge >= 0.3 is 10.2 Å². The summed E-state index contributed by atoms with van der Waals surface area (Å²) in [6, 6.07) is 0. The van der Waals surface area contributed by atoms with Crippen LogP contribution in [0.4, 0.5) is 3.89 Å². The standard InChI is InChI=1S/C11H13FN2O2S2/c1-6-7(2)17-10-13-8(11(3)4-5-11)9(14(6)10)18(12,15)16/h4-5H2,1-3H3. The van der Waals surface area contributed by atoms with Gasteiger partial charge in [-0.25, -0.2) is 4.98 Å². The fourth-order valence-electron chi connectivity index (χ4n) is 2.16. The van der Waals surface area contributed by atoms with Crippen molar-refractivity contribution in [2.24, 2.45) is 0 Å². The Balaban J connectivity index is 2.45. The first-order valence-electron chi connectivity index (χ1n) is 5.68. The molecule has 1 fully saturated rings. The van der Waals surface area contributed by atoms with E-state index in [1.165, 1.54) is 15.7 Å². The van der Waals surface area contributed by atoms with Crippen molar-refractivity contribution in [3.63, 3.8) is 0 Å². The van der Waals surface area contributed by atoms with Gasteiger partial charge in [-0.2, -0.15) is 8.42 Å². The van der Waals surface area contributed by atoms with Gasteiger partial charge in [-0.3, -0.25) is 4.40 Å². The van der Waals surface area contributed by atoms with Gasteiger partial charge in [-0.1, -0.05) is 10.8 Å². The number of imidazole rings is 1. The van der Waals surface area contributed by atoms with Crippen LogP contribution < -0.4 is 0 Å². The summed E-state index contributed by atoms with van der Waals surface area (Å²) < 4.78 is 37.9. The van der Waals surface area contributed by atoms with Crippen molar-refractivity contribution in [3.8, 4) is 0 Å². The normalized spacial score (nSPS) is 18.4. The Bertz CT molecular complexity index is 754. The van der Waals surface area contributed by atoms with Crippen LogP contribution in [0.5, 0.6) is 0 Å². The van der Waals surface area contributed by atoms with Crippen molar-refractivity contribution >= 4 is 26.5 Å². The Morgan fingerprint density at radius 2 is 2.00 bits per heavy atom. The zero-order valence-electron chi connectivity index (χ0n) is 10.3. The van der Waals surface area contributed by atoms with Crippen LogP contribution in [0.25, 0.3) is 4.96 Å². The van der Waals surface area contributed by atoms with Gasteiger partial charge in [-0.05, 0) is 26.7 Å². The van der Waals surface area contributed by atoms with E-state index in [1.807, 2.05) is 13.8 Å². The maximum Gasteiger partial charge on any atom is 0.350 e. The summed E-state index contributed by atoms with van der Waals surface area (Å²) >= 11 is 1.39. The first-order chi connectivity index (χ1) is 8.24. The molecule has 0 radical (unpaired) electrons.